The summed E-state index contributed by atoms with van der Waals surface area (Å²) in [6, 6.07) is 6.47. The molecule has 0 aliphatic carbocycles. The SMILES string of the molecule is C#C/C=C\c1ccc(C(C=C)CN)cc1B(C)CC. The summed E-state index contributed by atoms with van der Waals surface area (Å²) in [5.74, 6) is 2.76. The summed E-state index contributed by atoms with van der Waals surface area (Å²) in [4.78, 5) is 0. The Morgan fingerprint density at radius 3 is 2.79 bits per heavy atom. The lowest BCUT2D eigenvalue weighted by atomic mass is 9.44. The third kappa shape index (κ3) is 3.87. The normalized spacial score (nSPS) is 12.1. The average Bonchev–Trinajstić information content (AvgIpc) is 2.46. The first-order valence-corrected chi connectivity index (χ1v) is 6.77. The van der Waals surface area contributed by atoms with Crippen LogP contribution in [0.5, 0.6) is 0 Å². The largest absolute Gasteiger partial charge is 0.330 e. The van der Waals surface area contributed by atoms with Crippen LogP contribution in [0, 0.1) is 12.3 Å². The molecule has 0 spiro atoms. The van der Waals surface area contributed by atoms with Crippen molar-refractivity contribution in [3.63, 3.8) is 0 Å². The molecule has 0 amide bonds. The van der Waals surface area contributed by atoms with Gasteiger partial charge in [0.25, 0.3) is 0 Å². The molecule has 0 aromatic heterocycles. The zero-order valence-electron chi connectivity index (χ0n) is 11.9. The molecule has 1 rings (SSSR count). The Balaban J connectivity index is 3.26. The maximum absolute atomic E-state index is 5.78. The van der Waals surface area contributed by atoms with Crippen LogP contribution in [0.3, 0.4) is 0 Å². The topological polar surface area (TPSA) is 26.0 Å². The van der Waals surface area contributed by atoms with Gasteiger partial charge in [-0.25, -0.2) is 0 Å². The summed E-state index contributed by atoms with van der Waals surface area (Å²) in [6.07, 6.45) is 12.0. The molecule has 2 heteroatoms. The first kappa shape index (κ1) is 15.3. The van der Waals surface area contributed by atoms with Crippen molar-refractivity contribution in [2.24, 2.45) is 5.73 Å². The van der Waals surface area contributed by atoms with E-state index in [2.05, 4.69) is 44.4 Å². The van der Waals surface area contributed by atoms with Crippen molar-refractivity contribution in [1.29, 1.82) is 0 Å². The number of rotatable bonds is 6. The summed E-state index contributed by atoms with van der Waals surface area (Å²) in [7, 11) is 0. The van der Waals surface area contributed by atoms with Gasteiger partial charge in [-0.05, 0) is 23.3 Å². The summed E-state index contributed by atoms with van der Waals surface area (Å²) in [5, 5.41) is 0. The van der Waals surface area contributed by atoms with Gasteiger partial charge in [-0.2, -0.15) is 0 Å². The molecule has 19 heavy (non-hydrogen) atoms. The van der Waals surface area contributed by atoms with Crippen LogP contribution < -0.4 is 11.2 Å². The third-order valence-corrected chi connectivity index (χ3v) is 3.58. The van der Waals surface area contributed by atoms with Crippen molar-refractivity contribution in [3.05, 3.63) is 48.1 Å². The summed E-state index contributed by atoms with van der Waals surface area (Å²) in [5.41, 5.74) is 9.52. The molecule has 1 aromatic carbocycles. The van der Waals surface area contributed by atoms with E-state index in [1.807, 2.05) is 12.2 Å². The molecule has 0 bridgehead atoms. The highest BCUT2D eigenvalue weighted by Crippen LogP contribution is 2.17. The second kappa shape index (κ2) is 7.66. The predicted molar refractivity (Wildman–Crippen MR) is 88.0 cm³/mol. The summed E-state index contributed by atoms with van der Waals surface area (Å²) < 4.78 is 0. The Labute approximate surface area is 117 Å². The van der Waals surface area contributed by atoms with Gasteiger partial charge < -0.3 is 5.73 Å². The molecule has 0 aliphatic rings. The maximum atomic E-state index is 5.78. The number of benzene rings is 1. The van der Waals surface area contributed by atoms with Crippen LogP contribution in [-0.2, 0) is 0 Å². The minimum absolute atomic E-state index is 0.216. The minimum Gasteiger partial charge on any atom is -0.330 e. The van der Waals surface area contributed by atoms with Gasteiger partial charge in [0.05, 0.1) is 0 Å². The number of allylic oxidation sites excluding steroid dienone is 1. The van der Waals surface area contributed by atoms with E-state index in [4.69, 9.17) is 12.2 Å². The van der Waals surface area contributed by atoms with Gasteiger partial charge in [0, 0.05) is 12.5 Å². The second-order valence-corrected chi connectivity index (χ2v) is 4.78. The number of terminal acetylenes is 1. The highest BCUT2D eigenvalue weighted by molar-refractivity contribution is 6.72. The van der Waals surface area contributed by atoms with Crippen LogP contribution >= 0.6 is 0 Å². The van der Waals surface area contributed by atoms with E-state index in [9.17, 15) is 0 Å². The van der Waals surface area contributed by atoms with E-state index in [1.54, 1.807) is 6.08 Å². The molecule has 2 N–H and O–H groups in total. The molecule has 1 nitrogen and oxygen atoms in total. The van der Waals surface area contributed by atoms with Gasteiger partial charge in [0.2, 0.25) is 0 Å². The van der Waals surface area contributed by atoms with Crippen LogP contribution in [0.2, 0.25) is 13.1 Å². The fourth-order valence-electron chi connectivity index (χ4n) is 2.13. The van der Waals surface area contributed by atoms with E-state index in [1.165, 1.54) is 16.6 Å². The Kier molecular flexibility index (Phi) is 6.19. The van der Waals surface area contributed by atoms with E-state index >= 15 is 0 Å². The molecule has 98 valence electrons. The lowest BCUT2D eigenvalue weighted by Crippen LogP contribution is -2.29. The smallest absolute Gasteiger partial charge is 0.173 e. The average molecular weight is 251 g/mol. The van der Waals surface area contributed by atoms with Crippen LogP contribution in [0.1, 0.15) is 24.0 Å². The first-order valence-electron chi connectivity index (χ1n) is 6.77. The quantitative estimate of drug-likeness (QED) is 0.469. The van der Waals surface area contributed by atoms with Crippen LogP contribution in [-0.4, -0.2) is 13.3 Å². The van der Waals surface area contributed by atoms with Crippen LogP contribution in [0.25, 0.3) is 6.08 Å². The van der Waals surface area contributed by atoms with Crippen LogP contribution in [0.15, 0.2) is 36.9 Å². The maximum Gasteiger partial charge on any atom is 0.173 e. The predicted octanol–water partition coefficient (Wildman–Crippen LogP) is 2.91. The van der Waals surface area contributed by atoms with E-state index in [0.717, 1.165) is 6.32 Å². The molecule has 0 saturated heterocycles. The second-order valence-electron chi connectivity index (χ2n) is 4.78. The van der Waals surface area contributed by atoms with Gasteiger partial charge in [-0.3, -0.25) is 0 Å². The number of hydrogen-bond acceptors (Lipinski definition) is 1. The zero-order valence-corrected chi connectivity index (χ0v) is 11.9. The van der Waals surface area contributed by atoms with Gasteiger partial charge in [-0.1, -0.05) is 55.7 Å². The van der Waals surface area contributed by atoms with Gasteiger partial charge >= 0.3 is 0 Å². The summed E-state index contributed by atoms with van der Waals surface area (Å²) >= 11 is 0. The van der Waals surface area contributed by atoms with Crippen molar-refractivity contribution >= 4 is 18.3 Å². The molecule has 1 atom stereocenters. The third-order valence-electron chi connectivity index (χ3n) is 3.58. The van der Waals surface area contributed by atoms with Gasteiger partial charge in [-0.15, -0.1) is 13.0 Å². The fourth-order valence-corrected chi connectivity index (χ4v) is 2.13. The first-order chi connectivity index (χ1) is 9.17. The van der Waals surface area contributed by atoms with E-state index < -0.39 is 0 Å². The minimum atomic E-state index is 0.216. The Hall–Kier alpha value is -1.72. The highest BCUT2D eigenvalue weighted by atomic mass is 14.5. The molecule has 0 aliphatic heterocycles. The van der Waals surface area contributed by atoms with Crippen molar-refractivity contribution in [2.75, 3.05) is 6.54 Å². The van der Waals surface area contributed by atoms with Crippen molar-refractivity contribution in [2.45, 2.75) is 26.0 Å². The standard InChI is InChI=1S/C17H22BN/c1-5-8-9-15-10-11-16(14(6-2)13-19)12-17(15)18(4)7-3/h1,6,8-12,14H,2,7,13,19H2,3-4H3/b9-8-. The Morgan fingerprint density at radius 1 is 1.53 bits per heavy atom. The Morgan fingerprint density at radius 2 is 2.26 bits per heavy atom. The number of hydrogen-bond donors (Lipinski definition) is 1. The monoisotopic (exact) mass is 251 g/mol. The van der Waals surface area contributed by atoms with Gasteiger partial charge in [0.1, 0.15) is 0 Å². The van der Waals surface area contributed by atoms with Crippen LogP contribution in [0.4, 0.5) is 0 Å². The summed E-state index contributed by atoms with van der Waals surface area (Å²) in [6.45, 7) is 9.37. The van der Waals surface area contributed by atoms with E-state index in [0.29, 0.717) is 13.3 Å². The highest BCUT2D eigenvalue weighted by Gasteiger charge is 2.14. The molecule has 1 unspecified atom stereocenters. The zero-order chi connectivity index (χ0) is 14.3. The number of nitrogens with two attached hydrogens (primary N) is 1. The molecular weight excluding hydrogens is 229 g/mol. The molecule has 0 heterocycles. The molecule has 1 aromatic rings. The molecule has 0 radical (unpaired) electrons. The molecule has 0 fully saturated rings. The lowest BCUT2D eigenvalue weighted by Gasteiger charge is -2.16. The lowest BCUT2D eigenvalue weighted by molar-refractivity contribution is 0.852. The van der Waals surface area contributed by atoms with Crippen molar-refractivity contribution in [3.8, 4) is 12.3 Å². The van der Waals surface area contributed by atoms with Gasteiger partial charge in [0.15, 0.2) is 6.71 Å². The van der Waals surface area contributed by atoms with Crippen molar-refractivity contribution in [1.82, 2.24) is 0 Å². The molecule has 0 saturated carbocycles. The fraction of sp³-hybridized carbons (Fsp3) is 0.294. The molecular formula is C17H22BN. The van der Waals surface area contributed by atoms with E-state index in [-0.39, 0.29) is 5.92 Å². The Bertz CT molecular complexity index is 496. The van der Waals surface area contributed by atoms with Crippen molar-refractivity contribution < 1.29 is 0 Å².